The van der Waals surface area contributed by atoms with E-state index in [9.17, 15) is 9.18 Å². The quantitative estimate of drug-likeness (QED) is 0.866. The molecule has 1 aliphatic heterocycles. The van der Waals surface area contributed by atoms with Crippen LogP contribution in [0.2, 0.25) is 0 Å². The van der Waals surface area contributed by atoms with E-state index in [1.807, 2.05) is 6.07 Å². The van der Waals surface area contributed by atoms with Crippen LogP contribution in [0.3, 0.4) is 0 Å². The maximum Gasteiger partial charge on any atom is 0.219 e. The molecule has 2 unspecified atom stereocenters. The molecule has 1 aromatic carbocycles. The Morgan fingerprint density at radius 3 is 2.94 bits per heavy atom. The van der Waals surface area contributed by atoms with Crippen LogP contribution in [-0.4, -0.2) is 29.9 Å². The molecule has 2 atom stereocenters. The van der Waals surface area contributed by atoms with E-state index in [4.69, 9.17) is 5.73 Å². The van der Waals surface area contributed by atoms with Crippen molar-refractivity contribution in [3.05, 3.63) is 35.6 Å². The summed E-state index contributed by atoms with van der Waals surface area (Å²) in [6.45, 7) is 2.92. The third kappa shape index (κ3) is 3.29. The summed E-state index contributed by atoms with van der Waals surface area (Å²) in [5.41, 5.74) is 6.94. The van der Waals surface area contributed by atoms with E-state index in [1.165, 1.54) is 6.07 Å². The number of rotatable bonds is 2. The van der Waals surface area contributed by atoms with Crippen molar-refractivity contribution in [3.8, 4) is 0 Å². The minimum Gasteiger partial charge on any atom is -0.341 e. The van der Waals surface area contributed by atoms with Crippen molar-refractivity contribution in [2.24, 2.45) is 11.7 Å². The molecule has 0 spiro atoms. The third-order valence-corrected chi connectivity index (χ3v) is 3.43. The molecule has 1 aliphatic rings. The van der Waals surface area contributed by atoms with Gasteiger partial charge in [0.2, 0.25) is 5.91 Å². The summed E-state index contributed by atoms with van der Waals surface area (Å²) in [6, 6.07) is 6.66. The molecule has 2 N–H and O–H groups in total. The molecule has 1 saturated heterocycles. The van der Waals surface area contributed by atoms with Crippen LogP contribution >= 0.6 is 0 Å². The zero-order valence-electron chi connectivity index (χ0n) is 10.6. The van der Waals surface area contributed by atoms with Gasteiger partial charge >= 0.3 is 0 Å². The normalized spacial score (nSPS) is 24.1. The molecule has 98 valence electrons. The van der Waals surface area contributed by atoms with Gasteiger partial charge in [0.05, 0.1) is 0 Å². The molecule has 0 aromatic heterocycles. The van der Waals surface area contributed by atoms with Crippen LogP contribution in [0.5, 0.6) is 0 Å². The molecular formula is C14H19FN2O. The number of piperidine rings is 1. The van der Waals surface area contributed by atoms with E-state index >= 15 is 0 Å². The molecule has 0 bridgehead atoms. The van der Waals surface area contributed by atoms with Crippen molar-refractivity contribution in [1.82, 2.24) is 4.90 Å². The SMILES string of the molecule is CC(=O)N1CC(N)CC(Cc2cccc(F)c2)C1. The van der Waals surface area contributed by atoms with Crippen molar-refractivity contribution in [2.75, 3.05) is 13.1 Å². The summed E-state index contributed by atoms with van der Waals surface area (Å²) < 4.78 is 13.1. The van der Waals surface area contributed by atoms with Crippen molar-refractivity contribution in [2.45, 2.75) is 25.8 Å². The third-order valence-electron chi connectivity index (χ3n) is 3.43. The first-order valence-corrected chi connectivity index (χ1v) is 6.30. The van der Waals surface area contributed by atoms with Gasteiger partial charge in [-0.25, -0.2) is 4.39 Å². The molecule has 18 heavy (non-hydrogen) atoms. The van der Waals surface area contributed by atoms with Gasteiger partial charge in [0.1, 0.15) is 5.82 Å². The Balaban J connectivity index is 2.02. The molecule has 4 heteroatoms. The van der Waals surface area contributed by atoms with E-state index in [0.29, 0.717) is 12.5 Å². The number of carbonyl (C=O) groups is 1. The molecule has 1 aromatic rings. The van der Waals surface area contributed by atoms with Gasteiger partial charge in [-0.3, -0.25) is 4.79 Å². The lowest BCUT2D eigenvalue weighted by atomic mass is 9.89. The number of hydrogen-bond donors (Lipinski definition) is 1. The average Bonchev–Trinajstić information content (AvgIpc) is 2.28. The zero-order chi connectivity index (χ0) is 13.1. The second kappa shape index (κ2) is 5.48. The number of likely N-dealkylation sites (tertiary alicyclic amines) is 1. The lowest BCUT2D eigenvalue weighted by molar-refractivity contribution is -0.130. The van der Waals surface area contributed by atoms with E-state index < -0.39 is 0 Å². The van der Waals surface area contributed by atoms with E-state index in [1.54, 1.807) is 24.0 Å². The fourth-order valence-corrected chi connectivity index (χ4v) is 2.65. The van der Waals surface area contributed by atoms with Gasteiger partial charge in [0.25, 0.3) is 0 Å². The number of halogens is 1. The highest BCUT2D eigenvalue weighted by molar-refractivity contribution is 5.73. The number of nitrogens with zero attached hydrogens (tertiary/aromatic N) is 1. The van der Waals surface area contributed by atoms with E-state index in [-0.39, 0.29) is 17.8 Å². The summed E-state index contributed by atoms with van der Waals surface area (Å²) in [5, 5.41) is 0. The van der Waals surface area contributed by atoms with Gasteiger partial charge in [-0.15, -0.1) is 0 Å². The Kier molecular flexibility index (Phi) is 3.97. The van der Waals surface area contributed by atoms with Gasteiger partial charge in [-0.2, -0.15) is 0 Å². The van der Waals surface area contributed by atoms with Crippen LogP contribution < -0.4 is 5.73 Å². The highest BCUT2D eigenvalue weighted by atomic mass is 19.1. The lowest BCUT2D eigenvalue weighted by Crippen LogP contribution is -2.49. The second-order valence-corrected chi connectivity index (χ2v) is 5.12. The Morgan fingerprint density at radius 2 is 2.28 bits per heavy atom. The molecule has 2 rings (SSSR count). The van der Waals surface area contributed by atoms with Crippen LogP contribution in [0, 0.1) is 11.7 Å². The van der Waals surface area contributed by atoms with Crippen molar-refractivity contribution >= 4 is 5.91 Å². The van der Waals surface area contributed by atoms with Gasteiger partial charge in [-0.1, -0.05) is 12.1 Å². The van der Waals surface area contributed by atoms with Gasteiger partial charge in [-0.05, 0) is 36.5 Å². The molecule has 1 amide bonds. The van der Waals surface area contributed by atoms with Crippen molar-refractivity contribution < 1.29 is 9.18 Å². The highest BCUT2D eigenvalue weighted by Crippen LogP contribution is 2.20. The maximum absolute atomic E-state index is 13.1. The maximum atomic E-state index is 13.1. The first-order valence-electron chi connectivity index (χ1n) is 6.30. The Hall–Kier alpha value is -1.42. The van der Waals surface area contributed by atoms with Crippen LogP contribution in [0.25, 0.3) is 0 Å². The summed E-state index contributed by atoms with van der Waals surface area (Å²) in [6.07, 6.45) is 1.66. The number of hydrogen-bond acceptors (Lipinski definition) is 2. The molecule has 0 radical (unpaired) electrons. The number of benzene rings is 1. The topological polar surface area (TPSA) is 46.3 Å². The Bertz CT molecular complexity index is 436. The number of amides is 1. The number of carbonyl (C=O) groups excluding carboxylic acids is 1. The van der Waals surface area contributed by atoms with Gasteiger partial charge in [0.15, 0.2) is 0 Å². The minimum atomic E-state index is -0.212. The highest BCUT2D eigenvalue weighted by Gasteiger charge is 2.26. The first kappa shape index (κ1) is 13.0. The Morgan fingerprint density at radius 1 is 1.50 bits per heavy atom. The van der Waals surface area contributed by atoms with Crippen LogP contribution in [-0.2, 0) is 11.2 Å². The number of nitrogens with two attached hydrogens (primary N) is 1. The fraction of sp³-hybridized carbons (Fsp3) is 0.500. The monoisotopic (exact) mass is 250 g/mol. The molecular weight excluding hydrogens is 231 g/mol. The van der Waals surface area contributed by atoms with Crippen LogP contribution in [0.4, 0.5) is 4.39 Å². The van der Waals surface area contributed by atoms with Gasteiger partial charge < -0.3 is 10.6 Å². The summed E-state index contributed by atoms with van der Waals surface area (Å²) in [5.74, 6) is 0.171. The predicted octanol–water partition coefficient (Wildman–Crippen LogP) is 1.56. The smallest absolute Gasteiger partial charge is 0.219 e. The molecule has 1 fully saturated rings. The van der Waals surface area contributed by atoms with E-state index in [0.717, 1.165) is 24.9 Å². The summed E-state index contributed by atoms with van der Waals surface area (Å²) in [7, 11) is 0. The lowest BCUT2D eigenvalue weighted by Gasteiger charge is -2.35. The predicted molar refractivity (Wildman–Crippen MR) is 68.4 cm³/mol. The standard InChI is InChI=1S/C14H19FN2O/c1-10(18)17-8-12(7-14(16)9-17)5-11-3-2-4-13(15)6-11/h2-4,6,12,14H,5,7-9,16H2,1H3. The van der Waals surface area contributed by atoms with Crippen molar-refractivity contribution in [3.63, 3.8) is 0 Å². The van der Waals surface area contributed by atoms with Crippen LogP contribution in [0.15, 0.2) is 24.3 Å². The van der Waals surface area contributed by atoms with Crippen LogP contribution in [0.1, 0.15) is 18.9 Å². The molecule has 3 nitrogen and oxygen atoms in total. The van der Waals surface area contributed by atoms with Gasteiger partial charge in [0, 0.05) is 26.1 Å². The average molecular weight is 250 g/mol. The molecule has 0 aliphatic carbocycles. The summed E-state index contributed by atoms with van der Waals surface area (Å²) in [4.78, 5) is 13.2. The first-order chi connectivity index (χ1) is 8.54. The second-order valence-electron chi connectivity index (χ2n) is 5.12. The molecule has 1 heterocycles. The summed E-state index contributed by atoms with van der Waals surface area (Å²) >= 11 is 0. The van der Waals surface area contributed by atoms with Crippen molar-refractivity contribution in [1.29, 1.82) is 0 Å². The fourth-order valence-electron chi connectivity index (χ4n) is 2.65. The van der Waals surface area contributed by atoms with E-state index in [2.05, 4.69) is 0 Å². The largest absolute Gasteiger partial charge is 0.341 e. The Labute approximate surface area is 107 Å². The zero-order valence-corrected chi connectivity index (χ0v) is 10.6. The molecule has 0 saturated carbocycles. The minimum absolute atomic E-state index is 0.0289.